The molecule has 2 rings (SSSR count). The topological polar surface area (TPSA) is 23.6 Å². The summed E-state index contributed by atoms with van der Waals surface area (Å²) >= 11 is 0. The van der Waals surface area contributed by atoms with Crippen molar-refractivity contribution in [3.63, 3.8) is 0 Å². The van der Waals surface area contributed by atoms with Crippen LogP contribution in [0.15, 0.2) is 0 Å². The predicted octanol–water partition coefficient (Wildman–Crippen LogP) is 2.76. The van der Waals surface area contributed by atoms with Crippen molar-refractivity contribution in [3.8, 4) is 0 Å². The van der Waals surface area contributed by atoms with Gasteiger partial charge in [-0.3, -0.25) is 4.79 Å². The number of nitrogens with zero attached hydrogens (tertiary/aromatic N) is 2. The summed E-state index contributed by atoms with van der Waals surface area (Å²) in [5.74, 6) is 1.17. The summed E-state index contributed by atoms with van der Waals surface area (Å²) < 4.78 is 0. The second-order valence-corrected chi connectivity index (χ2v) is 6.98. The van der Waals surface area contributed by atoms with Crippen LogP contribution in [0.4, 0.5) is 0 Å². The number of amides is 1. The fourth-order valence-electron chi connectivity index (χ4n) is 3.55. The molecule has 2 saturated heterocycles. The second-order valence-electron chi connectivity index (χ2n) is 6.98. The smallest absolute Gasteiger partial charge is 0.222 e. The Kier molecular flexibility index (Phi) is 4.88. The van der Waals surface area contributed by atoms with E-state index >= 15 is 0 Å². The lowest BCUT2D eigenvalue weighted by molar-refractivity contribution is -0.135. The Bertz CT molecular complexity index is 298. The molecule has 0 aromatic heterocycles. The van der Waals surface area contributed by atoms with Crippen LogP contribution in [0.3, 0.4) is 0 Å². The zero-order valence-corrected chi connectivity index (χ0v) is 13.0. The Morgan fingerprint density at radius 2 is 1.84 bits per heavy atom. The molecule has 0 radical (unpaired) electrons. The quantitative estimate of drug-likeness (QED) is 0.764. The zero-order chi connectivity index (χ0) is 13.9. The lowest BCUT2D eigenvalue weighted by Crippen LogP contribution is -2.60. The number of rotatable bonds is 5. The number of hydrogen-bond donors (Lipinski definition) is 0. The fraction of sp³-hybridized carbons (Fsp3) is 0.938. The third-order valence-electron chi connectivity index (χ3n) is 4.85. The van der Waals surface area contributed by atoms with E-state index in [0.29, 0.717) is 17.7 Å². The first-order valence-electron chi connectivity index (χ1n) is 8.05. The summed E-state index contributed by atoms with van der Waals surface area (Å²) in [7, 11) is 0. The van der Waals surface area contributed by atoms with Crippen molar-refractivity contribution in [2.45, 2.75) is 52.9 Å². The maximum absolute atomic E-state index is 11.7. The monoisotopic (exact) mass is 266 g/mol. The summed E-state index contributed by atoms with van der Waals surface area (Å²) in [6, 6.07) is 0. The normalized spacial score (nSPS) is 22.8. The number of likely N-dealkylation sites (tertiary alicyclic amines) is 2. The van der Waals surface area contributed by atoms with E-state index in [1.807, 2.05) is 6.92 Å². The molecule has 0 aromatic rings. The molecule has 2 heterocycles. The maximum atomic E-state index is 11.7. The van der Waals surface area contributed by atoms with E-state index in [9.17, 15) is 4.79 Å². The highest BCUT2D eigenvalue weighted by Gasteiger charge is 2.44. The Morgan fingerprint density at radius 1 is 1.21 bits per heavy atom. The van der Waals surface area contributed by atoms with E-state index in [1.165, 1.54) is 45.3 Å². The number of carbonyl (C=O) groups is 1. The van der Waals surface area contributed by atoms with Gasteiger partial charge in [0.25, 0.3) is 0 Å². The standard InChI is InChI=1S/C16H30N2O/c1-4-15(19)18-10-7-16(8-11-18)12-17(13-16)9-5-6-14(2)3/h14H,4-13H2,1-3H3. The van der Waals surface area contributed by atoms with Crippen molar-refractivity contribution in [2.75, 3.05) is 32.7 Å². The molecule has 1 amide bonds. The molecule has 0 aliphatic carbocycles. The van der Waals surface area contributed by atoms with Crippen LogP contribution < -0.4 is 0 Å². The summed E-state index contributed by atoms with van der Waals surface area (Å²) in [6.07, 6.45) is 5.80. The van der Waals surface area contributed by atoms with Crippen LogP contribution in [0.25, 0.3) is 0 Å². The summed E-state index contributed by atoms with van der Waals surface area (Å²) in [6.45, 7) is 12.4. The van der Waals surface area contributed by atoms with Gasteiger partial charge in [0.05, 0.1) is 0 Å². The van der Waals surface area contributed by atoms with Crippen LogP contribution in [-0.4, -0.2) is 48.4 Å². The highest BCUT2D eigenvalue weighted by molar-refractivity contribution is 5.75. The van der Waals surface area contributed by atoms with Gasteiger partial charge in [-0.05, 0) is 43.6 Å². The van der Waals surface area contributed by atoms with Gasteiger partial charge >= 0.3 is 0 Å². The van der Waals surface area contributed by atoms with Gasteiger partial charge in [-0.1, -0.05) is 20.8 Å². The minimum Gasteiger partial charge on any atom is -0.343 e. The van der Waals surface area contributed by atoms with Crippen molar-refractivity contribution in [1.82, 2.24) is 9.80 Å². The van der Waals surface area contributed by atoms with Crippen LogP contribution in [0.1, 0.15) is 52.9 Å². The summed E-state index contributed by atoms with van der Waals surface area (Å²) in [5.41, 5.74) is 0.558. The molecule has 2 aliphatic heterocycles. The lowest BCUT2D eigenvalue weighted by Gasteiger charge is -2.54. The third kappa shape index (κ3) is 3.71. The zero-order valence-electron chi connectivity index (χ0n) is 13.0. The van der Waals surface area contributed by atoms with Crippen LogP contribution in [0, 0.1) is 11.3 Å². The summed E-state index contributed by atoms with van der Waals surface area (Å²) in [5, 5.41) is 0. The molecule has 2 fully saturated rings. The highest BCUT2D eigenvalue weighted by atomic mass is 16.2. The molecule has 0 saturated carbocycles. The van der Waals surface area contributed by atoms with Crippen molar-refractivity contribution in [1.29, 1.82) is 0 Å². The SMILES string of the molecule is CCC(=O)N1CCC2(CC1)CN(CCCC(C)C)C2. The number of carbonyl (C=O) groups excluding carboxylic acids is 1. The second kappa shape index (κ2) is 6.25. The van der Waals surface area contributed by atoms with Gasteiger partial charge in [-0.25, -0.2) is 0 Å². The molecule has 0 aromatic carbocycles. The minimum atomic E-state index is 0.336. The molecule has 0 N–H and O–H groups in total. The predicted molar refractivity (Wildman–Crippen MR) is 79.1 cm³/mol. The first-order valence-corrected chi connectivity index (χ1v) is 8.05. The minimum absolute atomic E-state index is 0.336. The van der Waals surface area contributed by atoms with E-state index in [1.54, 1.807) is 0 Å². The van der Waals surface area contributed by atoms with Gasteiger partial charge in [0.1, 0.15) is 0 Å². The first kappa shape index (κ1) is 14.8. The molecular formula is C16H30N2O. The molecule has 1 spiro atoms. The van der Waals surface area contributed by atoms with E-state index in [0.717, 1.165) is 19.0 Å². The molecule has 0 unspecified atom stereocenters. The number of hydrogen-bond acceptors (Lipinski definition) is 2. The molecule has 3 nitrogen and oxygen atoms in total. The highest BCUT2D eigenvalue weighted by Crippen LogP contribution is 2.40. The Balaban J connectivity index is 1.65. The average Bonchev–Trinajstić information content (AvgIpc) is 2.36. The van der Waals surface area contributed by atoms with Gasteiger partial charge in [-0.2, -0.15) is 0 Å². The van der Waals surface area contributed by atoms with Crippen molar-refractivity contribution < 1.29 is 4.79 Å². The molecule has 0 bridgehead atoms. The Hall–Kier alpha value is -0.570. The van der Waals surface area contributed by atoms with Crippen LogP contribution in [0.5, 0.6) is 0 Å². The molecule has 2 aliphatic rings. The molecule has 110 valence electrons. The van der Waals surface area contributed by atoms with Crippen LogP contribution in [-0.2, 0) is 4.79 Å². The van der Waals surface area contributed by atoms with E-state index in [2.05, 4.69) is 23.6 Å². The molecule has 3 heteroatoms. The van der Waals surface area contributed by atoms with Gasteiger partial charge in [0.2, 0.25) is 5.91 Å². The average molecular weight is 266 g/mol. The van der Waals surface area contributed by atoms with E-state index in [-0.39, 0.29) is 0 Å². The van der Waals surface area contributed by atoms with E-state index < -0.39 is 0 Å². The van der Waals surface area contributed by atoms with Crippen LogP contribution >= 0.6 is 0 Å². The maximum Gasteiger partial charge on any atom is 0.222 e. The van der Waals surface area contributed by atoms with Crippen molar-refractivity contribution in [2.24, 2.45) is 11.3 Å². The molecule has 19 heavy (non-hydrogen) atoms. The van der Waals surface area contributed by atoms with Crippen molar-refractivity contribution >= 4 is 5.91 Å². The summed E-state index contributed by atoms with van der Waals surface area (Å²) in [4.78, 5) is 16.3. The third-order valence-corrected chi connectivity index (χ3v) is 4.85. The largest absolute Gasteiger partial charge is 0.343 e. The van der Waals surface area contributed by atoms with Crippen LogP contribution in [0.2, 0.25) is 0 Å². The first-order chi connectivity index (χ1) is 9.04. The lowest BCUT2D eigenvalue weighted by atomic mass is 9.72. The van der Waals surface area contributed by atoms with Crippen molar-refractivity contribution in [3.05, 3.63) is 0 Å². The van der Waals surface area contributed by atoms with Gasteiger partial charge in [-0.15, -0.1) is 0 Å². The Labute approximate surface area is 118 Å². The van der Waals surface area contributed by atoms with Gasteiger partial charge < -0.3 is 9.80 Å². The molecule has 0 atom stereocenters. The fourth-order valence-corrected chi connectivity index (χ4v) is 3.55. The Morgan fingerprint density at radius 3 is 2.37 bits per heavy atom. The van der Waals surface area contributed by atoms with Gasteiger partial charge in [0.15, 0.2) is 0 Å². The van der Waals surface area contributed by atoms with Gasteiger partial charge in [0, 0.05) is 32.6 Å². The molecular weight excluding hydrogens is 236 g/mol. The number of piperidine rings is 1. The van der Waals surface area contributed by atoms with E-state index in [4.69, 9.17) is 0 Å².